The van der Waals surface area contributed by atoms with E-state index in [4.69, 9.17) is 5.11 Å². The quantitative estimate of drug-likeness (QED) is 0.562. The van der Waals surface area contributed by atoms with Crippen molar-refractivity contribution in [2.45, 2.75) is 6.10 Å². The number of hydrogen-bond acceptors (Lipinski definition) is 4. The summed E-state index contributed by atoms with van der Waals surface area (Å²) in [6.45, 7) is 0.219. The topological polar surface area (TPSA) is 87.1 Å². The minimum absolute atomic E-state index is 0.0939. The Balaban J connectivity index is 4.04. The predicted octanol–water partition coefficient (Wildman–Crippen LogP) is -0.907. The van der Waals surface area contributed by atoms with Crippen LogP contribution in [0, 0.1) is 0 Å². The lowest BCUT2D eigenvalue weighted by atomic mass is 10.3. The third-order valence-corrected chi connectivity index (χ3v) is 1.59. The lowest BCUT2D eigenvalue weighted by Crippen LogP contribution is -2.35. The molecule has 0 aromatic rings. The number of aliphatic hydroxyl groups excluding tert-OH is 1. The molecule has 86 valence electrons. The van der Waals surface area contributed by atoms with E-state index in [1.165, 1.54) is 19.1 Å². The molecule has 0 aliphatic carbocycles. The van der Waals surface area contributed by atoms with Crippen molar-refractivity contribution in [1.29, 1.82) is 0 Å². The number of likely N-dealkylation sites (N-methyl/N-ethyl adjacent to an activating group) is 1. The fourth-order valence-corrected chi connectivity index (χ4v) is 0.921. The third-order valence-electron chi connectivity index (χ3n) is 1.59. The van der Waals surface area contributed by atoms with E-state index >= 15 is 0 Å². The first kappa shape index (κ1) is 13.6. The van der Waals surface area contributed by atoms with Crippen LogP contribution in [-0.4, -0.2) is 60.4 Å². The van der Waals surface area contributed by atoms with Crippen molar-refractivity contribution in [3.63, 3.8) is 0 Å². The van der Waals surface area contributed by atoms with Crippen LogP contribution >= 0.6 is 0 Å². The summed E-state index contributed by atoms with van der Waals surface area (Å²) in [5, 5.41) is 17.6. The zero-order valence-electron chi connectivity index (χ0n) is 8.71. The average Bonchev–Trinajstić information content (AvgIpc) is 2.14. The van der Waals surface area contributed by atoms with E-state index in [0.717, 1.165) is 12.2 Å². The summed E-state index contributed by atoms with van der Waals surface area (Å²) >= 11 is 0. The van der Waals surface area contributed by atoms with Crippen LogP contribution in [0.1, 0.15) is 0 Å². The SMILES string of the molecule is COCC(O)CN(C)C(=O)C=CC(=O)O. The van der Waals surface area contributed by atoms with Crippen LogP contribution in [0.15, 0.2) is 12.2 Å². The third kappa shape index (κ3) is 6.64. The molecule has 0 saturated carbocycles. The maximum Gasteiger partial charge on any atom is 0.328 e. The number of methoxy groups -OCH3 is 1. The molecule has 0 radical (unpaired) electrons. The molecule has 0 bridgehead atoms. The van der Waals surface area contributed by atoms with Crippen LogP contribution < -0.4 is 0 Å². The predicted molar refractivity (Wildman–Crippen MR) is 52.3 cm³/mol. The number of aliphatic carboxylic acids is 1. The molecule has 0 fully saturated rings. The van der Waals surface area contributed by atoms with Gasteiger partial charge in [-0.3, -0.25) is 4.79 Å². The van der Waals surface area contributed by atoms with Crippen molar-refractivity contribution in [2.75, 3.05) is 27.3 Å². The number of carboxylic acids is 1. The van der Waals surface area contributed by atoms with Gasteiger partial charge in [0.1, 0.15) is 0 Å². The number of nitrogens with zero attached hydrogens (tertiary/aromatic N) is 1. The van der Waals surface area contributed by atoms with E-state index in [-0.39, 0.29) is 13.2 Å². The summed E-state index contributed by atoms with van der Waals surface area (Å²) in [4.78, 5) is 22.5. The monoisotopic (exact) mass is 217 g/mol. The van der Waals surface area contributed by atoms with Gasteiger partial charge in [0.25, 0.3) is 0 Å². The molecule has 0 aliphatic heterocycles. The summed E-state index contributed by atoms with van der Waals surface area (Å²) in [5.74, 6) is -1.67. The molecule has 1 amide bonds. The summed E-state index contributed by atoms with van der Waals surface area (Å²) in [7, 11) is 2.91. The summed E-state index contributed by atoms with van der Waals surface area (Å²) in [6, 6.07) is 0. The van der Waals surface area contributed by atoms with E-state index in [1.807, 2.05) is 0 Å². The Labute approximate surface area is 87.8 Å². The highest BCUT2D eigenvalue weighted by Crippen LogP contribution is 1.92. The van der Waals surface area contributed by atoms with Crippen LogP contribution in [0.5, 0.6) is 0 Å². The highest BCUT2D eigenvalue weighted by Gasteiger charge is 2.11. The second-order valence-electron chi connectivity index (χ2n) is 3.00. The highest BCUT2D eigenvalue weighted by atomic mass is 16.5. The van der Waals surface area contributed by atoms with Crippen molar-refractivity contribution in [2.24, 2.45) is 0 Å². The highest BCUT2D eigenvalue weighted by molar-refractivity contribution is 5.93. The standard InChI is InChI=1S/C9H15NO5/c1-10(5-7(11)6-15-2)8(12)3-4-9(13)14/h3-4,7,11H,5-6H2,1-2H3,(H,13,14). The van der Waals surface area contributed by atoms with Gasteiger partial charge in [0.05, 0.1) is 12.7 Å². The molecule has 0 saturated heterocycles. The number of amides is 1. The van der Waals surface area contributed by atoms with Crippen LogP contribution in [0.25, 0.3) is 0 Å². The first-order valence-corrected chi connectivity index (χ1v) is 4.30. The molecular weight excluding hydrogens is 202 g/mol. The Morgan fingerprint density at radius 3 is 2.53 bits per heavy atom. The van der Waals surface area contributed by atoms with E-state index in [0.29, 0.717) is 0 Å². The molecule has 0 aromatic heterocycles. The largest absolute Gasteiger partial charge is 0.478 e. The number of carbonyl (C=O) groups excluding carboxylic acids is 1. The molecular formula is C9H15NO5. The number of aliphatic hydroxyl groups is 1. The van der Waals surface area contributed by atoms with Gasteiger partial charge in [-0.25, -0.2) is 4.79 Å². The number of carboxylic acid groups (broad SMARTS) is 1. The molecule has 2 N–H and O–H groups in total. The summed E-state index contributed by atoms with van der Waals surface area (Å²) in [6.07, 6.45) is 0.908. The van der Waals surface area contributed by atoms with E-state index in [2.05, 4.69) is 4.74 Å². The van der Waals surface area contributed by atoms with Gasteiger partial charge >= 0.3 is 5.97 Å². The Bertz CT molecular complexity index is 251. The first-order chi connectivity index (χ1) is 6.97. The zero-order chi connectivity index (χ0) is 11.8. The molecule has 1 unspecified atom stereocenters. The summed E-state index contributed by atoms with van der Waals surface area (Å²) in [5.41, 5.74) is 0. The average molecular weight is 217 g/mol. The number of rotatable bonds is 6. The Morgan fingerprint density at radius 2 is 2.07 bits per heavy atom. The van der Waals surface area contributed by atoms with E-state index in [9.17, 15) is 14.7 Å². The summed E-state index contributed by atoms with van der Waals surface area (Å²) < 4.78 is 4.68. The Kier molecular flexibility index (Phi) is 6.32. The molecule has 6 heteroatoms. The van der Waals surface area contributed by atoms with Gasteiger partial charge in [-0.2, -0.15) is 0 Å². The normalized spacial score (nSPS) is 12.7. The molecule has 15 heavy (non-hydrogen) atoms. The minimum atomic E-state index is -1.19. The van der Waals surface area contributed by atoms with Crippen molar-refractivity contribution < 1.29 is 24.5 Å². The first-order valence-electron chi connectivity index (χ1n) is 4.30. The lowest BCUT2D eigenvalue weighted by Gasteiger charge is -2.18. The van der Waals surface area contributed by atoms with Gasteiger partial charge in [0.15, 0.2) is 0 Å². The maximum absolute atomic E-state index is 11.2. The minimum Gasteiger partial charge on any atom is -0.478 e. The maximum atomic E-state index is 11.2. The fourth-order valence-electron chi connectivity index (χ4n) is 0.921. The molecule has 0 aliphatic rings. The molecule has 0 heterocycles. The zero-order valence-corrected chi connectivity index (χ0v) is 8.71. The van der Waals surface area contributed by atoms with Crippen molar-refractivity contribution in [1.82, 2.24) is 4.90 Å². The van der Waals surface area contributed by atoms with Crippen molar-refractivity contribution in [3.8, 4) is 0 Å². The molecule has 0 aromatic carbocycles. The van der Waals surface area contributed by atoms with Gasteiger partial charge in [0.2, 0.25) is 5.91 Å². The molecule has 0 rings (SSSR count). The fraction of sp³-hybridized carbons (Fsp3) is 0.556. The van der Waals surface area contributed by atoms with Crippen molar-refractivity contribution >= 4 is 11.9 Å². The second-order valence-corrected chi connectivity index (χ2v) is 3.00. The number of hydrogen-bond donors (Lipinski definition) is 2. The van der Waals surface area contributed by atoms with Gasteiger partial charge < -0.3 is 19.8 Å². The number of ether oxygens (including phenoxy) is 1. The van der Waals surface area contributed by atoms with E-state index < -0.39 is 18.0 Å². The van der Waals surface area contributed by atoms with Crippen LogP contribution in [-0.2, 0) is 14.3 Å². The molecule has 1 atom stereocenters. The Hall–Kier alpha value is -1.40. The Morgan fingerprint density at radius 1 is 1.47 bits per heavy atom. The molecule has 6 nitrogen and oxygen atoms in total. The van der Waals surface area contributed by atoms with Crippen molar-refractivity contribution in [3.05, 3.63) is 12.2 Å². The van der Waals surface area contributed by atoms with Crippen LogP contribution in [0.2, 0.25) is 0 Å². The molecule has 0 spiro atoms. The van der Waals surface area contributed by atoms with Gasteiger partial charge in [-0.05, 0) is 0 Å². The van der Waals surface area contributed by atoms with Gasteiger partial charge in [-0.1, -0.05) is 0 Å². The smallest absolute Gasteiger partial charge is 0.328 e. The van der Waals surface area contributed by atoms with E-state index in [1.54, 1.807) is 0 Å². The lowest BCUT2D eigenvalue weighted by molar-refractivity contribution is -0.132. The number of carbonyl (C=O) groups is 2. The van der Waals surface area contributed by atoms with Crippen LogP contribution in [0.4, 0.5) is 0 Å². The van der Waals surface area contributed by atoms with Crippen LogP contribution in [0.3, 0.4) is 0 Å². The van der Waals surface area contributed by atoms with Gasteiger partial charge in [-0.15, -0.1) is 0 Å². The van der Waals surface area contributed by atoms with Gasteiger partial charge in [0, 0.05) is 32.9 Å². The second kappa shape index (κ2) is 6.97.